The van der Waals surface area contributed by atoms with Gasteiger partial charge in [0.1, 0.15) is 11.5 Å². The van der Waals surface area contributed by atoms with Gasteiger partial charge in [-0.3, -0.25) is 4.79 Å². The molecule has 11 heteroatoms. The van der Waals surface area contributed by atoms with Crippen molar-refractivity contribution in [1.29, 1.82) is 0 Å². The van der Waals surface area contributed by atoms with E-state index < -0.39 is 13.0 Å². The molecule has 176 valence electrons. The Morgan fingerprint density at radius 1 is 1.29 bits per heavy atom. The van der Waals surface area contributed by atoms with Crippen LogP contribution >= 0.6 is 0 Å². The molecule has 3 atom stereocenters. The summed E-state index contributed by atoms with van der Waals surface area (Å²) in [5, 5.41) is 4.18. The predicted octanol–water partition coefficient (Wildman–Crippen LogP) is 3.22. The topological polar surface area (TPSA) is 105 Å². The number of anilines is 1. The summed E-state index contributed by atoms with van der Waals surface area (Å²) in [5.74, 6) is 1.56. The fraction of sp³-hybridized carbons (Fsp3) is 0.435. The summed E-state index contributed by atoms with van der Waals surface area (Å²) < 4.78 is 27.6. The van der Waals surface area contributed by atoms with Crippen LogP contribution < -0.4 is 5.32 Å². The molecule has 6 rings (SSSR count). The summed E-state index contributed by atoms with van der Waals surface area (Å²) in [6.45, 7) is 1.27. The Hall–Kier alpha value is -3.63. The number of rotatable bonds is 6. The molecule has 2 aliphatic rings. The molecular weight excluding hydrogens is 442 g/mol. The van der Waals surface area contributed by atoms with Gasteiger partial charge in [-0.1, -0.05) is 0 Å². The molecule has 2 saturated carbocycles. The average Bonchev–Trinajstić information content (AvgIpc) is 3.05. The molecule has 0 bridgehead atoms. The molecule has 34 heavy (non-hydrogen) atoms. The van der Waals surface area contributed by atoms with Gasteiger partial charge in [-0.25, -0.2) is 23.7 Å². The Labute approximate surface area is 193 Å². The lowest BCUT2D eigenvalue weighted by Gasteiger charge is -2.35. The van der Waals surface area contributed by atoms with E-state index in [1.165, 1.54) is 4.57 Å². The number of alkyl halides is 2. The van der Waals surface area contributed by atoms with Crippen molar-refractivity contribution in [2.45, 2.75) is 38.8 Å². The summed E-state index contributed by atoms with van der Waals surface area (Å²) in [6.07, 6.45) is 4.46. The van der Waals surface area contributed by atoms with Gasteiger partial charge in [0.05, 0.1) is 17.5 Å². The minimum atomic E-state index is -2.48. The molecule has 1 unspecified atom stereocenters. The Morgan fingerprint density at radius 2 is 2.12 bits per heavy atom. The van der Waals surface area contributed by atoms with Gasteiger partial charge in [0, 0.05) is 55.2 Å². The van der Waals surface area contributed by atoms with Crippen molar-refractivity contribution in [3.05, 3.63) is 30.5 Å². The number of aromatic amines is 1. The first kappa shape index (κ1) is 20.9. The molecule has 0 spiro atoms. The maximum Gasteiger partial charge on any atom is 0.256 e. The molecule has 0 aromatic carbocycles. The van der Waals surface area contributed by atoms with Gasteiger partial charge in [0.2, 0.25) is 11.9 Å². The number of aromatic nitrogens is 6. The van der Waals surface area contributed by atoms with Crippen molar-refractivity contribution < 1.29 is 13.6 Å². The molecule has 9 nitrogen and oxygen atoms in total. The number of imidazole rings is 1. The molecule has 4 heterocycles. The maximum atomic E-state index is 13.1. The van der Waals surface area contributed by atoms with Crippen molar-refractivity contribution in [2.75, 3.05) is 19.4 Å². The van der Waals surface area contributed by atoms with Gasteiger partial charge in [0.15, 0.2) is 5.65 Å². The standard InChI is InChI=1S/C23H24F2N8O/c1-11-29-20-17(33(11)10-18(24)25)4-12(7-26-20)13-8-27-19-14(13)9-28-22(31-19)30-16-6-23(5-15(16)23)21(34)32(2)3/h4,7-9,15-16,18H,5-6,10H2,1-3H3,(H2,27,28,30,31)/t15?,16-,23+/m0/s1. The van der Waals surface area contributed by atoms with Crippen LogP contribution in [-0.4, -0.2) is 66.9 Å². The molecule has 4 aromatic rings. The molecule has 1 amide bonds. The second-order valence-electron chi connectivity index (χ2n) is 9.51. The van der Waals surface area contributed by atoms with Crippen LogP contribution in [0, 0.1) is 18.3 Å². The van der Waals surface area contributed by atoms with Crippen LogP contribution in [0.3, 0.4) is 0 Å². The van der Waals surface area contributed by atoms with Crippen LogP contribution in [0.15, 0.2) is 24.7 Å². The largest absolute Gasteiger partial charge is 0.351 e. The van der Waals surface area contributed by atoms with Gasteiger partial charge in [-0.05, 0) is 31.7 Å². The van der Waals surface area contributed by atoms with Crippen LogP contribution in [0.2, 0.25) is 0 Å². The first-order chi connectivity index (χ1) is 16.3. The zero-order chi connectivity index (χ0) is 23.8. The van der Waals surface area contributed by atoms with E-state index in [4.69, 9.17) is 0 Å². The number of H-pyrrole nitrogens is 1. The van der Waals surface area contributed by atoms with Crippen LogP contribution in [0.1, 0.15) is 18.7 Å². The van der Waals surface area contributed by atoms with Gasteiger partial charge in [-0.2, -0.15) is 4.98 Å². The number of hydrogen-bond donors (Lipinski definition) is 2. The van der Waals surface area contributed by atoms with Crippen LogP contribution in [-0.2, 0) is 11.3 Å². The highest BCUT2D eigenvalue weighted by atomic mass is 19.3. The second-order valence-corrected chi connectivity index (χ2v) is 9.51. The third-order valence-electron chi connectivity index (χ3n) is 7.21. The molecule has 2 aliphatic carbocycles. The zero-order valence-electron chi connectivity index (χ0n) is 19.0. The number of amides is 1. The molecule has 0 aliphatic heterocycles. The summed E-state index contributed by atoms with van der Waals surface area (Å²) in [7, 11) is 3.60. The highest BCUT2D eigenvalue weighted by Crippen LogP contribution is 2.68. The van der Waals surface area contributed by atoms with Crippen molar-refractivity contribution >= 4 is 34.1 Å². The molecule has 0 saturated heterocycles. The van der Waals surface area contributed by atoms with Gasteiger partial charge in [0.25, 0.3) is 6.43 Å². The number of aryl methyl sites for hydroxylation is 1. The minimum absolute atomic E-state index is 0.189. The predicted molar refractivity (Wildman–Crippen MR) is 122 cm³/mol. The van der Waals surface area contributed by atoms with Crippen LogP contribution in [0.4, 0.5) is 14.7 Å². The summed E-state index contributed by atoms with van der Waals surface area (Å²) in [6, 6.07) is 2.02. The number of nitrogens with zero attached hydrogens (tertiary/aromatic N) is 6. The lowest BCUT2D eigenvalue weighted by atomic mass is 9.79. The lowest BCUT2D eigenvalue weighted by molar-refractivity contribution is -0.137. The van der Waals surface area contributed by atoms with Gasteiger partial charge >= 0.3 is 0 Å². The first-order valence-corrected chi connectivity index (χ1v) is 11.2. The number of hydrogen-bond acceptors (Lipinski definition) is 6. The summed E-state index contributed by atoms with van der Waals surface area (Å²) >= 11 is 0. The van der Waals surface area contributed by atoms with Crippen molar-refractivity contribution in [3.8, 4) is 11.1 Å². The van der Waals surface area contributed by atoms with E-state index in [1.807, 2.05) is 12.3 Å². The van der Waals surface area contributed by atoms with Gasteiger partial charge < -0.3 is 19.8 Å². The SMILES string of the molecule is Cc1nc2ncc(-c3c[nH]c4nc(N[C@H]5C[C@]6(C(=O)N(C)C)CC56)ncc34)cc2n1CC(F)F. The Balaban J connectivity index is 1.25. The Bertz CT molecular complexity index is 1440. The fourth-order valence-corrected chi connectivity index (χ4v) is 5.42. The van der Waals surface area contributed by atoms with E-state index in [2.05, 4.69) is 30.2 Å². The van der Waals surface area contributed by atoms with Gasteiger partial charge in [-0.15, -0.1) is 0 Å². The van der Waals surface area contributed by atoms with Crippen molar-refractivity contribution in [3.63, 3.8) is 0 Å². The maximum absolute atomic E-state index is 13.1. The molecule has 2 fully saturated rings. The fourth-order valence-electron chi connectivity index (χ4n) is 5.42. The third kappa shape index (κ3) is 3.06. The van der Waals surface area contributed by atoms with E-state index in [0.29, 0.717) is 34.5 Å². The lowest BCUT2D eigenvalue weighted by Crippen LogP contribution is -2.46. The summed E-state index contributed by atoms with van der Waals surface area (Å²) in [5.41, 5.74) is 3.08. The highest BCUT2D eigenvalue weighted by Gasteiger charge is 2.72. The highest BCUT2D eigenvalue weighted by molar-refractivity contribution is 5.95. The molecule has 0 radical (unpaired) electrons. The van der Waals surface area contributed by atoms with Crippen LogP contribution in [0.5, 0.6) is 0 Å². The quantitative estimate of drug-likeness (QED) is 0.452. The Morgan fingerprint density at radius 3 is 2.85 bits per heavy atom. The van der Waals surface area contributed by atoms with Crippen LogP contribution in [0.25, 0.3) is 33.3 Å². The number of fused-ring (bicyclic) bond motifs is 3. The monoisotopic (exact) mass is 466 g/mol. The molecule has 4 aromatic heterocycles. The van der Waals surface area contributed by atoms with Crippen molar-refractivity contribution in [1.82, 2.24) is 34.4 Å². The van der Waals surface area contributed by atoms with Crippen molar-refractivity contribution in [2.24, 2.45) is 11.3 Å². The normalized spacial score (nSPS) is 23.2. The van der Waals surface area contributed by atoms with E-state index in [9.17, 15) is 13.6 Å². The first-order valence-electron chi connectivity index (χ1n) is 11.2. The summed E-state index contributed by atoms with van der Waals surface area (Å²) in [4.78, 5) is 35.0. The minimum Gasteiger partial charge on any atom is -0.351 e. The van der Waals surface area contributed by atoms with E-state index >= 15 is 0 Å². The molecule has 2 N–H and O–H groups in total. The second kappa shape index (κ2) is 7.18. The number of pyridine rings is 1. The van der Waals surface area contributed by atoms with E-state index in [-0.39, 0.29) is 17.4 Å². The average molecular weight is 466 g/mol. The number of nitrogens with one attached hydrogen (secondary N) is 2. The van der Waals surface area contributed by atoms with E-state index in [0.717, 1.165) is 29.4 Å². The number of carbonyl (C=O) groups excluding carboxylic acids is 1. The third-order valence-corrected chi connectivity index (χ3v) is 7.21. The zero-order valence-corrected chi connectivity index (χ0v) is 19.0. The Kier molecular flexibility index (Phi) is 4.42. The number of halogens is 2. The number of carbonyl (C=O) groups is 1. The van der Waals surface area contributed by atoms with E-state index in [1.54, 1.807) is 38.3 Å². The molecular formula is C23H24F2N8O. The smallest absolute Gasteiger partial charge is 0.256 e.